The van der Waals surface area contributed by atoms with E-state index in [-0.39, 0.29) is 0 Å². The van der Waals surface area contributed by atoms with Crippen molar-refractivity contribution in [2.24, 2.45) is 20.5 Å². The maximum absolute atomic E-state index is 10.8. The summed E-state index contributed by atoms with van der Waals surface area (Å²) in [5.41, 5.74) is 3.26. The van der Waals surface area contributed by atoms with Crippen LogP contribution < -0.4 is 5.32 Å². The molecule has 0 aliphatic heterocycles. The highest BCUT2D eigenvalue weighted by molar-refractivity contribution is 7.85. The van der Waals surface area contributed by atoms with Gasteiger partial charge in [-0.3, -0.25) is 4.55 Å². The number of aryl methyl sites for hydroxylation is 1. The van der Waals surface area contributed by atoms with Gasteiger partial charge in [0.15, 0.2) is 0 Å². The summed E-state index contributed by atoms with van der Waals surface area (Å²) in [6, 6.07) is 16.8. The van der Waals surface area contributed by atoms with Crippen LogP contribution in [0, 0.1) is 0 Å². The van der Waals surface area contributed by atoms with Crippen LogP contribution in [0.4, 0.5) is 27.2 Å². The Morgan fingerprint density at radius 1 is 0.941 bits per heavy atom. The van der Waals surface area contributed by atoms with Gasteiger partial charge in [0.05, 0.1) is 16.1 Å². The Kier molecular flexibility index (Phi) is 7.73. The lowest BCUT2D eigenvalue weighted by atomic mass is 10.1. The highest BCUT2D eigenvalue weighted by Crippen LogP contribution is 2.39. The monoisotopic (exact) mass is 514 g/mol. The SMILES string of the molecule is CCCCc1ccc(N=Nc2cc3sc(N=Nc4ccc(NCS(=O)(=O)O)cc4)nc3s2)cc1. The van der Waals surface area contributed by atoms with Gasteiger partial charge in [-0.15, -0.1) is 20.5 Å². The molecule has 0 saturated carbocycles. The molecule has 0 aliphatic rings. The average molecular weight is 515 g/mol. The largest absolute Gasteiger partial charge is 0.370 e. The van der Waals surface area contributed by atoms with Crippen LogP contribution in [-0.2, 0) is 16.5 Å². The summed E-state index contributed by atoms with van der Waals surface area (Å²) in [6.45, 7) is 2.19. The van der Waals surface area contributed by atoms with E-state index in [1.807, 2.05) is 18.2 Å². The number of fused-ring (bicyclic) bond motifs is 1. The predicted octanol–water partition coefficient (Wildman–Crippen LogP) is 7.79. The van der Waals surface area contributed by atoms with Crippen molar-refractivity contribution in [3.8, 4) is 0 Å². The normalized spacial score (nSPS) is 12.3. The summed E-state index contributed by atoms with van der Waals surface area (Å²) in [7, 11) is -4.08. The molecule has 2 heterocycles. The molecule has 34 heavy (non-hydrogen) atoms. The molecule has 0 radical (unpaired) electrons. The fourth-order valence-corrected chi connectivity index (χ4v) is 5.14. The van der Waals surface area contributed by atoms with Crippen LogP contribution in [0.2, 0.25) is 0 Å². The number of thiazole rings is 1. The minimum atomic E-state index is -4.08. The fraction of sp³-hybridized carbons (Fsp3) is 0.227. The standard InChI is InChI=1S/C22H22N6O3S3/c1-2-3-4-15-5-7-17(8-6-15)25-27-20-13-19-21(33-20)24-22(32-19)28-26-18-11-9-16(10-12-18)23-14-34(29,30)31/h5-13,23H,2-4,14H2,1H3,(H,29,30,31). The van der Waals surface area contributed by atoms with Gasteiger partial charge in [-0.2, -0.15) is 8.42 Å². The molecule has 0 saturated heterocycles. The first-order valence-corrected chi connectivity index (χ1v) is 13.7. The molecule has 12 heteroatoms. The lowest BCUT2D eigenvalue weighted by Gasteiger charge is -2.03. The highest BCUT2D eigenvalue weighted by atomic mass is 32.2. The fourth-order valence-electron chi connectivity index (χ4n) is 2.94. The van der Waals surface area contributed by atoms with Gasteiger partial charge in [0.25, 0.3) is 10.1 Å². The van der Waals surface area contributed by atoms with Crippen LogP contribution in [0.5, 0.6) is 0 Å². The number of nitrogens with zero attached hydrogens (tertiary/aromatic N) is 5. The number of aromatic nitrogens is 1. The maximum Gasteiger partial charge on any atom is 0.283 e. The van der Waals surface area contributed by atoms with Gasteiger partial charge in [-0.25, -0.2) is 4.98 Å². The minimum absolute atomic E-state index is 0.529. The van der Waals surface area contributed by atoms with Crippen molar-refractivity contribution in [3.05, 3.63) is 60.2 Å². The van der Waals surface area contributed by atoms with Gasteiger partial charge in [-0.1, -0.05) is 48.2 Å². The Morgan fingerprint density at radius 3 is 2.26 bits per heavy atom. The number of anilines is 1. The molecule has 0 unspecified atom stereocenters. The van der Waals surface area contributed by atoms with Crippen molar-refractivity contribution in [3.63, 3.8) is 0 Å². The average Bonchev–Trinajstić information content (AvgIpc) is 3.38. The number of unbranched alkanes of at least 4 members (excludes halogenated alkanes) is 1. The van der Waals surface area contributed by atoms with Crippen LogP contribution >= 0.6 is 22.7 Å². The summed E-state index contributed by atoms with van der Waals surface area (Å²) in [4.78, 5) is 5.31. The van der Waals surface area contributed by atoms with Crippen molar-refractivity contribution in [2.75, 3.05) is 11.2 Å². The topological polar surface area (TPSA) is 129 Å². The zero-order chi connectivity index (χ0) is 24.0. The quantitative estimate of drug-likeness (QED) is 0.165. The molecule has 0 amide bonds. The molecule has 0 atom stereocenters. The van der Waals surface area contributed by atoms with E-state index in [9.17, 15) is 8.42 Å². The molecule has 0 aliphatic carbocycles. The molecule has 4 aromatic rings. The van der Waals surface area contributed by atoms with E-state index in [0.717, 1.165) is 26.6 Å². The first kappa shape index (κ1) is 24.1. The number of hydrogen-bond acceptors (Lipinski definition) is 10. The maximum atomic E-state index is 10.8. The van der Waals surface area contributed by atoms with Crippen molar-refractivity contribution < 1.29 is 13.0 Å². The summed E-state index contributed by atoms with van der Waals surface area (Å²) in [5, 5.41) is 20.9. The number of azo groups is 2. The predicted molar refractivity (Wildman–Crippen MR) is 137 cm³/mol. The lowest BCUT2D eigenvalue weighted by molar-refractivity contribution is 0.485. The Balaban J connectivity index is 1.36. The van der Waals surface area contributed by atoms with Crippen LogP contribution in [0.15, 0.2) is 75.1 Å². The molecule has 0 spiro atoms. The number of nitrogens with one attached hydrogen (secondary N) is 1. The van der Waals surface area contributed by atoms with E-state index in [0.29, 0.717) is 16.5 Å². The summed E-state index contributed by atoms with van der Waals surface area (Å²) < 4.78 is 31.3. The molecule has 2 N–H and O–H groups in total. The van der Waals surface area contributed by atoms with Crippen LogP contribution in [0.3, 0.4) is 0 Å². The molecule has 0 bridgehead atoms. The highest BCUT2D eigenvalue weighted by Gasteiger charge is 2.08. The van der Waals surface area contributed by atoms with Crippen molar-refractivity contribution >= 4 is 69.5 Å². The van der Waals surface area contributed by atoms with Crippen molar-refractivity contribution in [1.29, 1.82) is 0 Å². The Labute approximate surface area is 205 Å². The van der Waals surface area contributed by atoms with E-state index < -0.39 is 16.0 Å². The van der Waals surface area contributed by atoms with E-state index in [2.05, 4.69) is 49.8 Å². The molecule has 2 aromatic heterocycles. The second kappa shape index (κ2) is 10.9. The van der Waals surface area contributed by atoms with Gasteiger partial charge in [0.2, 0.25) is 5.13 Å². The third kappa shape index (κ3) is 6.97. The molecular weight excluding hydrogens is 492 g/mol. The second-order valence-electron chi connectivity index (χ2n) is 7.37. The van der Waals surface area contributed by atoms with Gasteiger partial charge in [-0.05, 0) is 60.9 Å². The summed E-state index contributed by atoms with van der Waals surface area (Å²) in [5.74, 6) is -0.559. The molecule has 9 nitrogen and oxygen atoms in total. The molecule has 4 rings (SSSR count). The third-order valence-electron chi connectivity index (χ3n) is 4.66. The first-order valence-electron chi connectivity index (χ1n) is 10.5. The van der Waals surface area contributed by atoms with E-state index in [1.165, 1.54) is 41.1 Å². The number of rotatable bonds is 10. The Bertz CT molecular complexity index is 1380. The van der Waals surface area contributed by atoms with Crippen LogP contribution in [-0.4, -0.2) is 23.8 Å². The van der Waals surface area contributed by atoms with Crippen molar-refractivity contribution in [1.82, 2.24) is 4.98 Å². The van der Waals surface area contributed by atoms with Crippen LogP contribution in [0.1, 0.15) is 25.3 Å². The zero-order valence-electron chi connectivity index (χ0n) is 18.2. The van der Waals surface area contributed by atoms with Gasteiger partial charge in [0, 0.05) is 5.69 Å². The lowest BCUT2D eigenvalue weighted by Crippen LogP contribution is -2.12. The smallest absolute Gasteiger partial charge is 0.283 e. The molecule has 2 aromatic carbocycles. The molecular formula is C22H22N6O3S3. The third-order valence-corrected chi connectivity index (χ3v) is 7.10. The first-order chi connectivity index (χ1) is 16.4. The van der Waals surface area contributed by atoms with Gasteiger partial charge >= 0.3 is 0 Å². The van der Waals surface area contributed by atoms with Crippen molar-refractivity contribution in [2.45, 2.75) is 26.2 Å². The van der Waals surface area contributed by atoms with Gasteiger partial charge < -0.3 is 5.32 Å². The minimum Gasteiger partial charge on any atom is -0.370 e. The van der Waals surface area contributed by atoms with E-state index >= 15 is 0 Å². The van der Waals surface area contributed by atoms with E-state index in [4.69, 9.17) is 4.55 Å². The Hall–Kier alpha value is -3.06. The molecule has 0 fully saturated rings. The number of hydrogen-bond donors (Lipinski definition) is 2. The van der Waals surface area contributed by atoms with Gasteiger partial charge in [0.1, 0.15) is 15.7 Å². The summed E-state index contributed by atoms with van der Waals surface area (Å²) >= 11 is 2.86. The Morgan fingerprint density at radius 2 is 1.62 bits per heavy atom. The van der Waals surface area contributed by atoms with E-state index in [1.54, 1.807) is 24.3 Å². The molecule has 176 valence electrons. The second-order valence-corrected chi connectivity index (χ2v) is 10.8. The number of benzene rings is 2. The van der Waals surface area contributed by atoms with Crippen LogP contribution in [0.25, 0.3) is 9.53 Å². The summed E-state index contributed by atoms with van der Waals surface area (Å²) in [6.07, 6.45) is 3.45. The zero-order valence-corrected chi connectivity index (χ0v) is 20.7. The number of thiophene rings is 1.